The molecule has 1 atom stereocenters. The van der Waals surface area contributed by atoms with Gasteiger partial charge in [0.15, 0.2) is 0 Å². The first-order valence-electron chi connectivity index (χ1n) is 6.41. The van der Waals surface area contributed by atoms with Gasteiger partial charge in [0.2, 0.25) is 10.0 Å². The summed E-state index contributed by atoms with van der Waals surface area (Å²) in [6.07, 6.45) is 0.582. The molecule has 1 saturated carbocycles. The molecule has 1 N–H and O–H groups in total. The number of alkyl halides is 2. The van der Waals surface area contributed by atoms with Crippen LogP contribution in [0.3, 0.4) is 0 Å². The van der Waals surface area contributed by atoms with Gasteiger partial charge >= 0.3 is 5.97 Å². The molecule has 1 aromatic carbocycles. The van der Waals surface area contributed by atoms with Gasteiger partial charge in [-0.1, -0.05) is 13.0 Å². The Bertz CT molecular complexity index is 645. The van der Waals surface area contributed by atoms with Crippen LogP contribution < -0.4 is 4.72 Å². The summed E-state index contributed by atoms with van der Waals surface area (Å²) >= 11 is 11.7. The minimum absolute atomic E-state index is 0.0225. The highest BCUT2D eigenvalue weighted by Crippen LogP contribution is 2.53. The molecule has 116 valence electrons. The Morgan fingerprint density at radius 2 is 2.14 bits per heavy atom. The van der Waals surface area contributed by atoms with Crippen LogP contribution in [0.4, 0.5) is 0 Å². The van der Waals surface area contributed by atoms with Crippen molar-refractivity contribution in [3.63, 3.8) is 0 Å². The van der Waals surface area contributed by atoms with Crippen LogP contribution in [0, 0.1) is 5.92 Å². The van der Waals surface area contributed by atoms with E-state index in [-0.39, 0.29) is 29.5 Å². The average molecular weight is 352 g/mol. The third-order valence-electron chi connectivity index (χ3n) is 3.09. The van der Waals surface area contributed by atoms with Crippen molar-refractivity contribution in [1.82, 2.24) is 4.72 Å². The standard InChI is InChI=1S/C13H15Cl2NO4S/c1-2-16-21(18,19)11-5-3-4-9(6-11)12(17)20-8-10-7-13(10,14)15/h3-6,10,16H,2,7-8H2,1H3/t10-/m0/s1. The van der Waals surface area contributed by atoms with Gasteiger partial charge in [-0.3, -0.25) is 0 Å². The number of sulfonamides is 1. The van der Waals surface area contributed by atoms with Crippen molar-refractivity contribution in [2.24, 2.45) is 5.92 Å². The summed E-state index contributed by atoms with van der Waals surface area (Å²) in [7, 11) is -3.60. The molecule has 1 aliphatic rings. The SMILES string of the molecule is CCNS(=O)(=O)c1cccc(C(=O)OC[C@@H]2CC2(Cl)Cl)c1. The molecule has 0 aromatic heterocycles. The smallest absolute Gasteiger partial charge is 0.338 e. The molecule has 0 saturated heterocycles. The predicted molar refractivity (Wildman–Crippen MR) is 80.1 cm³/mol. The zero-order valence-electron chi connectivity index (χ0n) is 11.3. The molecule has 0 radical (unpaired) electrons. The number of hydrogen-bond donors (Lipinski definition) is 1. The molecular formula is C13H15Cl2NO4S. The van der Waals surface area contributed by atoms with E-state index in [0.29, 0.717) is 6.42 Å². The monoisotopic (exact) mass is 351 g/mol. The van der Waals surface area contributed by atoms with Crippen LogP contribution in [-0.2, 0) is 14.8 Å². The van der Waals surface area contributed by atoms with E-state index in [1.54, 1.807) is 6.92 Å². The zero-order valence-corrected chi connectivity index (χ0v) is 13.6. The zero-order chi connectivity index (χ0) is 15.7. The van der Waals surface area contributed by atoms with Gasteiger partial charge in [-0.15, -0.1) is 23.2 Å². The van der Waals surface area contributed by atoms with Gasteiger partial charge in [-0.05, 0) is 24.6 Å². The number of halogens is 2. The maximum atomic E-state index is 11.9. The predicted octanol–water partition coefficient (Wildman–Crippen LogP) is 2.34. The third-order valence-corrected chi connectivity index (χ3v) is 5.55. The van der Waals surface area contributed by atoms with Crippen molar-refractivity contribution in [3.8, 4) is 0 Å². The van der Waals surface area contributed by atoms with E-state index in [1.807, 2.05) is 0 Å². The summed E-state index contributed by atoms with van der Waals surface area (Å²) < 4.78 is 30.4. The highest BCUT2D eigenvalue weighted by atomic mass is 35.5. The lowest BCUT2D eigenvalue weighted by atomic mass is 10.2. The summed E-state index contributed by atoms with van der Waals surface area (Å²) in [6.45, 7) is 2.07. The highest BCUT2D eigenvalue weighted by molar-refractivity contribution is 7.89. The van der Waals surface area contributed by atoms with E-state index in [2.05, 4.69) is 4.72 Å². The molecule has 0 spiro atoms. The van der Waals surface area contributed by atoms with E-state index in [4.69, 9.17) is 27.9 Å². The van der Waals surface area contributed by atoms with Crippen molar-refractivity contribution >= 4 is 39.2 Å². The molecular weight excluding hydrogens is 337 g/mol. The summed E-state index contributed by atoms with van der Waals surface area (Å²) in [5.41, 5.74) is 0.171. The molecule has 1 fully saturated rings. The molecule has 1 aliphatic carbocycles. The number of rotatable bonds is 6. The average Bonchev–Trinajstić information content (AvgIpc) is 3.04. The fourth-order valence-electron chi connectivity index (χ4n) is 1.77. The van der Waals surface area contributed by atoms with Crippen molar-refractivity contribution in [2.45, 2.75) is 22.6 Å². The highest BCUT2D eigenvalue weighted by Gasteiger charge is 2.52. The minimum Gasteiger partial charge on any atom is -0.462 e. The summed E-state index contributed by atoms with van der Waals surface area (Å²) in [5, 5.41) is 0. The Kier molecular flexibility index (Phi) is 4.82. The minimum atomic E-state index is -3.60. The summed E-state index contributed by atoms with van der Waals surface area (Å²) in [5.74, 6) is -0.668. The Hall–Kier alpha value is -0.820. The third kappa shape index (κ3) is 4.10. The number of carbonyl (C=O) groups is 1. The number of ether oxygens (including phenoxy) is 1. The molecule has 0 unspecified atom stereocenters. The molecule has 1 aromatic rings. The van der Waals surface area contributed by atoms with Gasteiger partial charge < -0.3 is 4.74 Å². The van der Waals surface area contributed by atoms with Crippen LogP contribution in [0.5, 0.6) is 0 Å². The molecule has 5 nitrogen and oxygen atoms in total. The fourth-order valence-corrected chi connectivity index (χ4v) is 3.36. The van der Waals surface area contributed by atoms with Crippen LogP contribution in [0.15, 0.2) is 29.2 Å². The van der Waals surface area contributed by atoms with Gasteiger partial charge in [-0.2, -0.15) is 0 Å². The van der Waals surface area contributed by atoms with Crippen molar-refractivity contribution in [3.05, 3.63) is 29.8 Å². The van der Waals surface area contributed by atoms with Crippen molar-refractivity contribution < 1.29 is 17.9 Å². The number of hydrogen-bond acceptors (Lipinski definition) is 4. The van der Waals surface area contributed by atoms with E-state index in [9.17, 15) is 13.2 Å². The van der Waals surface area contributed by atoms with Crippen LogP contribution >= 0.6 is 23.2 Å². The van der Waals surface area contributed by atoms with Crippen LogP contribution in [0.25, 0.3) is 0 Å². The lowest BCUT2D eigenvalue weighted by molar-refractivity contribution is 0.0485. The first-order valence-corrected chi connectivity index (χ1v) is 8.65. The molecule has 0 aliphatic heterocycles. The number of nitrogens with one attached hydrogen (secondary N) is 1. The van der Waals surface area contributed by atoms with Gasteiger partial charge in [0.1, 0.15) is 4.33 Å². The van der Waals surface area contributed by atoms with Gasteiger partial charge in [-0.25, -0.2) is 17.9 Å². The summed E-state index contributed by atoms with van der Waals surface area (Å²) in [6, 6.07) is 5.68. The maximum Gasteiger partial charge on any atom is 0.338 e. The summed E-state index contributed by atoms with van der Waals surface area (Å²) in [4.78, 5) is 11.9. The van der Waals surface area contributed by atoms with E-state index in [1.165, 1.54) is 24.3 Å². The largest absolute Gasteiger partial charge is 0.462 e. The maximum absolute atomic E-state index is 11.9. The Labute approximate surface area is 133 Å². The second-order valence-corrected chi connectivity index (χ2v) is 8.10. The number of esters is 1. The topological polar surface area (TPSA) is 72.5 Å². The molecule has 2 rings (SSSR count). The molecule has 8 heteroatoms. The number of benzene rings is 1. The van der Waals surface area contributed by atoms with E-state index < -0.39 is 20.3 Å². The first kappa shape index (κ1) is 16.5. The quantitative estimate of drug-likeness (QED) is 0.630. The lowest BCUT2D eigenvalue weighted by Crippen LogP contribution is -2.23. The molecule has 0 bridgehead atoms. The lowest BCUT2D eigenvalue weighted by Gasteiger charge is -2.07. The Morgan fingerprint density at radius 1 is 1.48 bits per heavy atom. The van der Waals surface area contributed by atoms with E-state index >= 15 is 0 Å². The van der Waals surface area contributed by atoms with Crippen molar-refractivity contribution in [2.75, 3.05) is 13.2 Å². The first-order chi connectivity index (χ1) is 9.76. The fraction of sp³-hybridized carbons (Fsp3) is 0.462. The molecule has 0 heterocycles. The van der Waals surface area contributed by atoms with Crippen LogP contribution in [0.1, 0.15) is 23.7 Å². The molecule has 0 amide bonds. The second-order valence-electron chi connectivity index (χ2n) is 4.79. The van der Waals surface area contributed by atoms with Crippen LogP contribution in [0.2, 0.25) is 0 Å². The Morgan fingerprint density at radius 3 is 2.71 bits per heavy atom. The van der Waals surface area contributed by atoms with Crippen molar-refractivity contribution in [1.29, 1.82) is 0 Å². The second kappa shape index (κ2) is 6.12. The van der Waals surface area contributed by atoms with Gasteiger partial charge in [0.05, 0.1) is 17.1 Å². The van der Waals surface area contributed by atoms with Gasteiger partial charge in [0, 0.05) is 12.5 Å². The van der Waals surface area contributed by atoms with E-state index in [0.717, 1.165) is 0 Å². The normalized spacial score (nSPS) is 20.0. The number of carbonyl (C=O) groups excluding carboxylic acids is 1. The van der Waals surface area contributed by atoms with Crippen LogP contribution in [-0.4, -0.2) is 31.9 Å². The van der Waals surface area contributed by atoms with Gasteiger partial charge in [0.25, 0.3) is 0 Å². The Balaban J connectivity index is 2.05. The molecule has 21 heavy (non-hydrogen) atoms.